The molecule has 0 aromatic heterocycles. The van der Waals surface area contributed by atoms with Gasteiger partial charge >= 0.3 is 6.03 Å². The molecule has 1 aromatic carbocycles. The van der Waals surface area contributed by atoms with E-state index in [1.165, 1.54) is 0 Å². The molecule has 2 N–H and O–H groups in total. The van der Waals surface area contributed by atoms with Crippen molar-refractivity contribution in [1.29, 1.82) is 0 Å². The van der Waals surface area contributed by atoms with E-state index in [2.05, 4.69) is 38.4 Å². The molecule has 0 unspecified atom stereocenters. The van der Waals surface area contributed by atoms with Crippen LogP contribution in [0.25, 0.3) is 0 Å². The second-order valence-corrected chi connectivity index (χ2v) is 6.66. The maximum Gasteiger partial charge on any atom is 0.319 e. The van der Waals surface area contributed by atoms with Crippen LogP contribution in [-0.2, 0) is 4.74 Å². The number of urea groups is 1. The number of anilines is 1. The topological polar surface area (TPSA) is 53.6 Å². The van der Waals surface area contributed by atoms with Gasteiger partial charge in [-0.05, 0) is 44.0 Å². The van der Waals surface area contributed by atoms with Crippen LogP contribution in [0.5, 0.6) is 0 Å². The highest BCUT2D eigenvalue weighted by Gasteiger charge is 2.17. The van der Waals surface area contributed by atoms with E-state index in [9.17, 15) is 4.79 Å². The molecule has 1 aliphatic rings. The summed E-state index contributed by atoms with van der Waals surface area (Å²) in [5.41, 5.74) is 2.96. The van der Waals surface area contributed by atoms with E-state index in [1.54, 1.807) is 0 Å². The van der Waals surface area contributed by atoms with Gasteiger partial charge in [0.2, 0.25) is 0 Å². The smallest absolute Gasteiger partial charge is 0.319 e. The lowest BCUT2D eigenvalue weighted by atomic mass is 10.1. The SMILES string of the molecule is Cc1cc(Br)cc(C)c1NC(=O)NC[C@H](C)N1CCOCC1. The number of ether oxygens (including phenoxy) is 1. The Morgan fingerprint density at radius 3 is 2.50 bits per heavy atom. The highest BCUT2D eigenvalue weighted by atomic mass is 79.9. The zero-order chi connectivity index (χ0) is 16.1. The number of aryl methyl sites for hydroxylation is 2. The Balaban J connectivity index is 1.85. The number of carbonyl (C=O) groups excluding carboxylic acids is 1. The normalized spacial score (nSPS) is 17.1. The monoisotopic (exact) mass is 369 g/mol. The largest absolute Gasteiger partial charge is 0.379 e. The van der Waals surface area contributed by atoms with Crippen LogP contribution in [0.3, 0.4) is 0 Å². The first-order valence-corrected chi connectivity index (χ1v) is 8.40. The fourth-order valence-corrected chi connectivity index (χ4v) is 3.34. The third kappa shape index (κ3) is 4.69. The zero-order valence-corrected chi connectivity index (χ0v) is 15.0. The number of carbonyl (C=O) groups is 1. The second-order valence-electron chi connectivity index (χ2n) is 5.75. The molecule has 22 heavy (non-hydrogen) atoms. The Morgan fingerprint density at radius 2 is 1.91 bits per heavy atom. The van der Waals surface area contributed by atoms with Crippen molar-refractivity contribution in [3.8, 4) is 0 Å². The third-order valence-electron chi connectivity index (χ3n) is 3.96. The first-order valence-electron chi connectivity index (χ1n) is 7.60. The molecular weight excluding hydrogens is 346 g/mol. The van der Waals surface area contributed by atoms with E-state index in [-0.39, 0.29) is 6.03 Å². The molecule has 0 spiro atoms. The summed E-state index contributed by atoms with van der Waals surface area (Å²) in [5, 5.41) is 5.90. The standard InChI is InChI=1S/C16H24BrN3O2/c1-11-8-14(17)9-12(2)15(11)19-16(21)18-10-13(3)20-4-6-22-7-5-20/h8-9,13H,4-7,10H2,1-3H3,(H2,18,19,21)/t13-/m0/s1. The number of hydrogen-bond acceptors (Lipinski definition) is 3. The van der Waals surface area contributed by atoms with Gasteiger partial charge in [-0.1, -0.05) is 15.9 Å². The molecule has 0 aliphatic carbocycles. The van der Waals surface area contributed by atoms with Gasteiger partial charge in [-0.2, -0.15) is 0 Å². The maximum atomic E-state index is 12.1. The first kappa shape index (κ1) is 17.2. The van der Waals surface area contributed by atoms with E-state index >= 15 is 0 Å². The summed E-state index contributed by atoms with van der Waals surface area (Å²) in [4.78, 5) is 14.4. The molecule has 2 amide bonds. The van der Waals surface area contributed by atoms with Gasteiger partial charge in [0.05, 0.1) is 13.2 Å². The predicted octanol–water partition coefficient (Wildman–Crippen LogP) is 2.91. The van der Waals surface area contributed by atoms with Crippen LogP contribution in [0.1, 0.15) is 18.1 Å². The number of halogens is 1. The molecule has 0 bridgehead atoms. The quantitative estimate of drug-likeness (QED) is 0.857. The highest BCUT2D eigenvalue weighted by molar-refractivity contribution is 9.10. The van der Waals surface area contributed by atoms with E-state index in [0.29, 0.717) is 12.6 Å². The Hall–Kier alpha value is -1.11. The van der Waals surface area contributed by atoms with Crippen LogP contribution in [0.15, 0.2) is 16.6 Å². The van der Waals surface area contributed by atoms with E-state index in [4.69, 9.17) is 4.74 Å². The zero-order valence-electron chi connectivity index (χ0n) is 13.4. The van der Waals surface area contributed by atoms with Crippen molar-refractivity contribution in [3.05, 3.63) is 27.7 Å². The Labute approximate surface area is 140 Å². The van der Waals surface area contributed by atoms with Crippen molar-refractivity contribution < 1.29 is 9.53 Å². The lowest BCUT2D eigenvalue weighted by Gasteiger charge is -2.32. The average Bonchev–Trinajstić information content (AvgIpc) is 2.49. The summed E-state index contributed by atoms with van der Waals surface area (Å²) in [6.07, 6.45) is 0. The molecule has 6 heteroatoms. The number of amides is 2. The summed E-state index contributed by atoms with van der Waals surface area (Å²) in [6.45, 7) is 10.1. The second kappa shape index (κ2) is 7.94. The summed E-state index contributed by atoms with van der Waals surface area (Å²) in [6, 6.07) is 4.15. The molecule has 1 aromatic rings. The summed E-state index contributed by atoms with van der Waals surface area (Å²) in [5.74, 6) is 0. The van der Waals surface area contributed by atoms with Gasteiger partial charge in [0, 0.05) is 35.8 Å². The molecule has 2 rings (SSSR count). The molecule has 1 fully saturated rings. The molecule has 1 saturated heterocycles. The van der Waals surface area contributed by atoms with Crippen molar-refractivity contribution in [1.82, 2.24) is 10.2 Å². The van der Waals surface area contributed by atoms with Crippen molar-refractivity contribution in [2.24, 2.45) is 0 Å². The van der Waals surface area contributed by atoms with Crippen molar-refractivity contribution >= 4 is 27.6 Å². The van der Waals surface area contributed by atoms with Crippen molar-refractivity contribution in [2.45, 2.75) is 26.8 Å². The molecule has 1 aliphatic heterocycles. The number of rotatable bonds is 4. The van der Waals surface area contributed by atoms with E-state index < -0.39 is 0 Å². The maximum absolute atomic E-state index is 12.1. The van der Waals surface area contributed by atoms with Crippen LogP contribution in [0, 0.1) is 13.8 Å². The minimum Gasteiger partial charge on any atom is -0.379 e. The Morgan fingerprint density at radius 1 is 1.32 bits per heavy atom. The van der Waals surface area contributed by atoms with Gasteiger partial charge in [-0.25, -0.2) is 4.79 Å². The first-order chi connectivity index (χ1) is 10.5. The van der Waals surface area contributed by atoms with Gasteiger partial charge in [0.25, 0.3) is 0 Å². The highest BCUT2D eigenvalue weighted by Crippen LogP contribution is 2.24. The number of benzene rings is 1. The lowest BCUT2D eigenvalue weighted by molar-refractivity contribution is 0.0209. The molecular formula is C16H24BrN3O2. The number of morpholine rings is 1. The van der Waals surface area contributed by atoms with Gasteiger partial charge in [-0.3, -0.25) is 4.90 Å². The molecule has 1 heterocycles. The molecule has 122 valence electrons. The Bertz CT molecular complexity index is 507. The Kier molecular flexibility index (Phi) is 6.23. The predicted molar refractivity (Wildman–Crippen MR) is 92.5 cm³/mol. The average molecular weight is 370 g/mol. The van der Waals surface area contributed by atoms with Crippen LogP contribution in [0.4, 0.5) is 10.5 Å². The minimum absolute atomic E-state index is 0.159. The van der Waals surface area contributed by atoms with Crippen LogP contribution in [-0.4, -0.2) is 49.8 Å². The molecule has 0 saturated carbocycles. The van der Waals surface area contributed by atoms with Crippen molar-refractivity contribution in [3.63, 3.8) is 0 Å². The van der Waals surface area contributed by atoms with Gasteiger partial charge in [-0.15, -0.1) is 0 Å². The van der Waals surface area contributed by atoms with Crippen LogP contribution in [0.2, 0.25) is 0 Å². The van der Waals surface area contributed by atoms with E-state index in [1.807, 2.05) is 26.0 Å². The third-order valence-corrected chi connectivity index (χ3v) is 4.42. The molecule has 1 atom stereocenters. The summed E-state index contributed by atoms with van der Waals surface area (Å²) in [7, 11) is 0. The number of hydrogen-bond donors (Lipinski definition) is 2. The number of nitrogens with zero attached hydrogens (tertiary/aromatic N) is 1. The summed E-state index contributed by atoms with van der Waals surface area (Å²) < 4.78 is 6.37. The number of nitrogens with one attached hydrogen (secondary N) is 2. The molecule has 0 radical (unpaired) electrons. The van der Waals surface area contributed by atoms with Crippen LogP contribution >= 0.6 is 15.9 Å². The lowest BCUT2D eigenvalue weighted by Crippen LogP contribution is -2.47. The van der Waals surface area contributed by atoms with Gasteiger partial charge in [0.1, 0.15) is 0 Å². The van der Waals surface area contributed by atoms with Gasteiger partial charge in [0.15, 0.2) is 0 Å². The fourth-order valence-electron chi connectivity index (χ4n) is 2.65. The minimum atomic E-state index is -0.159. The van der Waals surface area contributed by atoms with Crippen LogP contribution < -0.4 is 10.6 Å². The van der Waals surface area contributed by atoms with E-state index in [0.717, 1.165) is 47.6 Å². The van der Waals surface area contributed by atoms with Crippen molar-refractivity contribution in [2.75, 3.05) is 38.2 Å². The van der Waals surface area contributed by atoms with Gasteiger partial charge < -0.3 is 15.4 Å². The molecule has 5 nitrogen and oxygen atoms in total. The fraction of sp³-hybridized carbons (Fsp3) is 0.562. The summed E-state index contributed by atoms with van der Waals surface area (Å²) >= 11 is 3.46.